The molecule has 0 unspecified atom stereocenters. The van der Waals surface area contributed by atoms with Gasteiger partial charge in [-0.3, -0.25) is 10.1 Å². The minimum absolute atomic E-state index is 0.00465. The summed E-state index contributed by atoms with van der Waals surface area (Å²) in [4.78, 5) is 16.5. The molecule has 2 N–H and O–H groups in total. The standard InChI is InChI=1S/C18H12BrClN6O4S2/c19-11-5-3-4-10(8-11)15-22-14(30-26-15)9-21-32(28,29)18-25-24-17(31-18)23-16(27)12-6-1-2-7-13(12)20/h1-8,21H,9H2,(H,23,24,27). The SMILES string of the molecule is O=C(Nc1nnc(S(=O)(=O)NCc2nc(-c3cccc(Br)c3)no2)s1)c1ccccc1Cl. The molecule has 0 spiro atoms. The van der Waals surface area contributed by atoms with Crippen LogP contribution in [0.2, 0.25) is 5.02 Å². The van der Waals surface area contributed by atoms with Crippen LogP contribution in [0.25, 0.3) is 11.4 Å². The fourth-order valence-electron chi connectivity index (χ4n) is 2.47. The van der Waals surface area contributed by atoms with Crippen molar-refractivity contribution < 1.29 is 17.7 Å². The summed E-state index contributed by atoms with van der Waals surface area (Å²) < 4.78 is 33.0. The van der Waals surface area contributed by atoms with Crippen molar-refractivity contribution in [3.05, 3.63) is 69.5 Å². The van der Waals surface area contributed by atoms with Crippen molar-refractivity contribution >= 4 is 59.9 Å². The zero-order chi connectivity index (χ0) is 22.7. The van der Waals surface area contributed by atoms with Gasteiger partial charge in [0.1, 0.15) is 0 Å². The Morgan fingerprint density at radius 2 is 1.97 bits per heavy atom. The lowest BCUT2D eigenvalue weighted by Crippen LogP contribution is -2.23. The molecule has 0 radical (unpaired) electrons. The van der Waals surface area contributed by atoms with Gasteiger partial charge in [0.2, 0.25) is 21.2 Å². The molecule has 0 fully saturated rings. The van der Waals surface area contributed by atoms with E-state index in [1.807, 2.05) is 12.1 Å². The molecule has 4 rings (SSSR count). The Morgan fingerprint density at radius 1 is 1.16 bits per heavy atom. The molecule has 2 heterocycles. The van der Waals surface area contributed by atoms with E-state index in [0.717, 1.165) is 4.47 Å². The molecular weight excluding hydrogens is 544 g/mol. The number of hydrogen-bond acceptors (Lipinski definition) is 9. The lowest BCUT2D eigenvalue weighted by molar-refractivity contribution is 0.102. The van der Waals surface area contributed by atoms with Crippen molar-refractivity contribution in [3.8, 4) is 11.4 Å². The summed E-state index contributed by atoms with van der Waals surface area (Å²) in [5.74, 6) is -0.143. The Bertz CT molecular complexity index is 1390. The summed E-state index contributed by atoms with van der Waals surface area (Å²) in [7, 11) is -4.03. The topological polar surface area (TPSA) is 140 Å². The van der Waals surface area contributed by atoms with E-state index in [4.69, 9.17) is 16.1 Å². The molecule has 10 nitrogen and oxygen atoms in total. The normalized spacial score (nSPS) is 11.4. The number of benzene rings is 2. The Hall–Kier alpha value is -2.71. The molecule has 0 atom stereocenters. The third-order valence-corrected chi connectivity index (χ3v) is 7.37. The van der Waals surface area contributed by atoms with Gasteiger partial charge in [0.05, 0.1) is 17.1 Å². The summed E-state index contributed by atoms with van der Waals surface area (Å²) in [5.41, 5.74) is 0.935. The van der Waals surface area contributed by atoms with Crippen molar-refractivity contribution in [2.75, 3.05) is 5.32 Å². The molecule has 0 saturated heterocycles. The first-order valence-corrected chi connectivity index (χ1v) is 12.3. The third kappa shape index (κ3) is 5.19. The fraction of sp³-hybridized carbons (Fsp3) is 0.0556. The van der Waals surface area contributed by atoms with Crippen LogP contribution in [0.5, 0.6) is 0 Å². The second kappa shape index (κ2) is 9.42. The van der Waals surface area contributed by atoms with Crippen molar-refractivity contribution in [1.82, 2.24) is 25.1 Å². The number of sulfonamides is 1. The number of hydrogen-bond donors (Lipinski definition) is 2. The Kier molecular flexibility index (Phi) is 6.62. The Morgan fingerprint density at radius 3 is 2.75 bits per heavy atom. The highest BCUT2D eigenvalue weighted by Gasteiger charge is 2.22. The highest BCUT2D eigenvalue weighted by atomic mass is 79.9. The minimum atomic E-state index is -4.03. The summed E-state index contributed by atoms with van der Waals surface area (Å²) in [6.07, 6.45) is 0. The highest BCUT2D eigenvalue weighted by molar-refractivity contribution is 9.10. The van der Waals surface area contributed by atoms with Gasteiger partial charge in [0.15, 0.2) is 0 Å². The quantitative estimate of drug-likeness (QED) is 0.329. The van der Waals surface area contributed by atoms with Crippen molar-refractivity contribution in [2.24, 2.45) is 0 Å². The minimum Gasteiger partial charge on any atom is -0.338 e. The second-order valence-corrected chi connectivity index (χ2v) is 10.4. The number of halogens is 2. The molecule has 0 aliphatic carbocycles. The number of nitrogens with zero attached hydrogens (tertiary/aromatic N) is 4. The molecule has 0 bridgehead atoms. The molecule has 0 aliphatic rings. The molecule has 164 valence electrons. The second-order valence-electron chi connectivity index (χ2n) is 6.15. The van der Waals surface area contributed by atoms with Crippen LogP contribution in [0.15, 0.2) is 61.9 Å². The number of aromatic nitrogens is 4. The average Bonchev–Trinajstić information content (AvgIpc) is 3.43. The van der Waals surface area contributed by atoms with Crippen molar-refractivity contribution in [3.63, 3.8) is 0 Å². The van der Waals surface area contributed by atoms with Gasteiger partial charge in [0.25, 0.3) is 15.9 Å². The maximum Gasteiger partial charge on any atom is 0.270 e. The van der Waals surface area contributed by atoms with Gasteiger partial charge < -0.3 is 4.52 Å². The maximum absolute atomic E-state index is 12.5. The molecule has 1 amide bonds. The van der Waals surface area contributed by atoms with Crippen LogP contribution < -0.4 is 10.0 Å². The summed E-state index contributed by atoms with van der Waals surface area (Å²) in [6, 6.07) is 13.7. The number of nitrogens with one attached hydrogen (secondary N) is 2. The van der Waals surface area contributed by atoms with Crippen LogP contribution in [-0.4, -0.2) is 34.7 Å². The number of carbonyl (C=O) groups excluding carboxylic acids is 1. The van der Waals surface area contributed by atoms with E-state index >= 15 is 0 Å². The zero-order valence-electron chi connectivity index (χ0n) is 15.8. The van der Waals surface area contributed by atoms with Gasteiger partial charge in [-0.15, -0.1) is 10.2 Å². The van der Waals surface area contributed by atoms with E-state index in [2.05, 4.69) is 46.3 Å². The average molecular weight is 556 g/mol. The maximum atomic E-state index is 12.5. The van der Waals surface area contributed by atoms with Crippen LogP contribution in [0.3, 0.4) is 0 Å². The zero-order valence-corrected chi connectivity index (χ0v) is 19.8. The fourth-order valence-corrected chi connectivity index (χ4v) is 5.00. The first-order chi connectivity index (χ1) is 15.3. The van der Waals surface area contributed by atoms with Crippen LogP contribution in [0, 0.1) is 0 Å². The van der Waals surface area contributed by atoms with Crippen LogP contribution in [0.1, 0.15) is 16.2 Å². The number of carbonyl (C=O) groups is 1. The van der Waals surface area contributed by atoms with Gasteiger partial charge in [0, 0.05) is 10.0 Å². The first-order valence-electron chi connectivity index (χ1n) is 8.79. The summed E-state index contributed by atoms with van der Waals surface area (Å²) in [6.45, 7) is -0.246. The van der Waals surface area contributed by atoms with Crippen LogP contribution >= 0.6 is 38.9 Å². The molecular formula is C18H12BrClN6O4S2. The number of rotatable bonds is 7. The molecule has 4 aromatic rings. The van der Waals surface area contributed by atoms with Gasteiger partial charge >= 0.3 is 0 Å². The molecule has 14 heteroatoms. The largest absolute Gasteiger partial charge is 0.338 e. The molecule has 0 aliphatic heterocycles. The number of amides is 1. The smallest absolute Gasteiger partial charge is 0.270 e. The van der Waals surface area contributed by atoms with Gasteiger partial charge in [-0.2, -0.15) is 9.71 Å². The predicted octanol–water partition coefficient (Wildman–Crippen LogP) is 3.73. The van der Waals surface area contributed by atoms with Gasteiger partial charge in [-0.05, 0) is 24.3 Å². The lowest BCUT2D eigenvalue weighted by Gasteiger charge is -2.02. The van der Waals surface area contributed by atoms with E-state index in [9.17, 15) is 13.2 Å². The lowest BCUT2D eigenvalue weighted by atomic mass is 10.2. The predicted molar refractivity (Wildman–Crippen MR) is 121 cm³/mol. The Labute approximate surface area is 199 Å². The van der Waals surface area contributed by atoms with E-state index in [-0.39, 0.29) is 32.5 Å². The van der Waals surface area contributed by atoms with Crippen LogP contribution in [-0.2, 0) is 16.6 Å². The van der Waals surface area contributed by atoms with E-state index < -0.39 is 15.9 Å². The van der Waals surface area contributed by atoms with E-state index in [1.165, 1.54) is 6.07 Å². The third-order valence-electron chi connectivity index (χ3n) is 3.94. The summed E-state index contributed by atoms with van der Waals surface area (Å²) >= 11 is 10.0. The van der Waals surface area contributed by atoms with Crippen LogP contribution in [0.4, 0.5) is 5.13 Å². The molecule has 0 saturated carbocycles. The highest BCUT2D eigenvalue weighted by Crippen LogP contribution is 2.23. The van der Waals surface area contributed by atoms with E-state index in [0.29, 0.717) is 22.7 Å². The molecule has 32 heavy (non-hydrogen) atoms. The first kappa shape index (κ1) is 22.5. The Balaban J connectivity index is 1.41. The van der Waals surface area contributed by atoms with E-state index in [1.54, 1.807) is 30.3 Å². The van der Waals surface area contributed by atoms with Gasteiger partial charge in [-0.25, -0.2) is 8.42 Å². The monoisotopic (exact) mass is 554 g/mol. The summed E-state index contributed by atoms with van der Waals surface area (Å²) in [5, 5.41) is 13.9. The van der Waals surface area contributed by atoms with Crippen molar-refractivity contribution in [1.29, 1.82) is 0 Å². The molecule has 2 aromatic heterocycles. The molecule has 2 aromatic carbocycles. The van der Waals surface area contributed by atoms with Gasteiger partial charge in [-0.1, -0.05) is 68.3 Å². The number of anilines is 1. The van der Waals surface area contributed by atoms with Crippen molar-refractivity contribution in [2.45, 2.75) is 10.9 Å².